The number of ether oxygens (including phenoxy) is 1. The maximum atomic E-state index is 5.98. The highest BCUT2D eigenvalue weighted by Crippen LogP contribution is 2.35. The molecule has 2 unspecified atom stereocenters. The van der Waals surface area contributed by atoms with Gasteiger partial charge in [-0.2, -0.15) is 0 Å². The van der Waals surface area contributed by atoms with Gasteiger partial charge in [-0.25, -0.2) is 0 Å². The highest BCUT2D eigenvalue weighted by atomic mass is 79.9. The summed E-state index contributed by atoms with van der Waals surface area (Å²) in [7, 11) is 0. The van der Waals surface area contributed by atoms with Gasteiger partial charge in [0.2, 0.25) is 0 Å². The summed E-state index contributed by atoms with van der Waals surface area (Å²) in [5.74, 6) is 1.46. The minimum Gasteiger partial charge on any atom is -0.493 e. The first-order valence-corrected chi connectivity index (χ1v) is 8.17. The molecule has 3 rings (SSSR count). The van der Waals surface area contributed by atoms with Crippen LogP contribution in [0.2, 0.25) is 0 Å². The van der Waals surface area contributed by atoms with Crippen LogP contribution in [0.15, 0.2) is 46.9 Å². The van der Waals surface area contributed by atoms with Crippen LogP contribution in [0.1, 0.15) is 29.5 Å². The SMILES string of the molecule is CC(N)Cc1cc(OCC2Cc3ccccc32)ccc1Br. The van der Waals surface area contributed by atoms with Crippen LogP contribution in [0.5, 0.6) is 5.75 Å². The number of fused-ring (bicyclic) bond motifs is 1. The molecule has 0 aliphatic heterocycles. The van der Waals surface area contributed by atoms with E-state index in [-0.39, 0.29) is 6.04 Å². The number of hydrogen-bond donors (Lipinski definition) is 1. The molecule has 2 aromatic carbocycles. The van der Waals surface area contributed by atoms with E-state index in [2.05, 4.69) is 46.3 Å². The Morgan fingerprint density at radius 1 is 1.29 bits per heavy atom. The van der Waals surface area contributed by atoms with Crippen molar-refractivity contribution in [2.45, 2.75) is 31.7 Å². The second-order valence-electron chi connectivity index (χ2n) is 5.85. The Balaban J connectivity index is 1.64. The van der Waals surface area contributed by atoms with E-state index in [1.54, 1.807) is 0 Å². The van der Waals surface area contributed by atoms with Crippen molar-refractivity contribution in [3.63, 3.8) is 0 Å². The van der Waals surface area contributed by atoms with Gasteiger partial charge < -0.3 is 10.5 Å². The van der Waals surface area contributed by atoms with Crippen LogP contribution in [0.4, 0.5) is 0 Å². The number of rotatable bonds is 5. The molecule has 21 heavy (non-hydrogen) atoms. The van der Waals surface area contributed by atoms with E-state index in [1.165, 1.54) is 16.7 Å². The zero-order valence-electron chi connectivity index (χ0n) is 12.2. The fourth-order valence-corrected chi connectivity index (χ4v) is 3.26. The molecule has 1 aliphatic rings. The van der Waals surface area contributed by atoms with Crippen molar-refractivity contribution in [3.8, 4) is 5.75 Å². The molecule has 2 N–H and O–H groups in total. The van der Waals surface area contributed by atoms with E-state index >= 15 is 0 Å². The molecular formula is C18H20BrNO. The molecular weight excluding hydrogens is 326 g/mol. The fraction of sp³-hybridized carbons (Fsp3) is 0.333. The molecule has 0 saturated carbocycles. The van der Waals surface area contributed by atoms with Gasteiger partial charge in [-0.15, -0.1) is 0 Å². The Hall–Kier alpha value is -1.32. The molecule has 0 fully saturated rings. The first kappa shape index (κ1) is 14.6. The summed E-state index contributed by atoms with van der Waals surface area (Å²) in [6.45, 7) is 2.77. The Labute approximate surface area is 134 Å². The number of nitrogens with two attached hydrogens (primary N) is 1. The molecule has 1 aliphatic carbocycles. The first-order valence-electron chi connectivity index (χ1n) is 7.38. The van der Waals surface area contributed by atoms with Gasteiger partial charge in [-0.1, -0.05) is 40.2 Å². The van der Waals surface area contributed by atoms with Crippen molar-refractivity contribution in [2.75, 3.05) is 6.61 Å². The lowest BCUT2D eigenvalue weighted by molar-refractivity contribution is 0.275. The highest BCUT2D eigenvalue weighted by Gasteiger charge is 2.25. The standard InChI is InChI=1S/C18H20BrNO/c1-12(20)8-14-10-16(6-7-18(14)19)21-11-15-9-13-4-2-3-5-17(13)15/h2-7,10,12,15H,8-9,11,20H2,1H3. The van der Waals surface area contributed by atoms with Gasteiger partial charge in [-0.05, 0) is 54.7 Å². The third kappa shape index (κ3) is 3.30. The summed E-state index contributed by atoms with van der Waals surface area (Å²) in [6, 6.07) is 14.9. The third-order valence-corrected chi connectivity index (χ3v) is 4.75. The van der Waals surface area contributed by atoms with E-state index in [4.69, 9.17) is 10.5 Å². The molecule has 0 bridgehead atoms. The van der Waals surface area contributed by atoms with Gasteiger partial charge >= 0.3 is 0 Å². The first-order chi connectivity index (χ1) is 10.1. The van der Waals surface area contributed by atoms with E-state index in [9.17, 15) is 0 Å². The van der Waals surface area contributed by atoms with Crippen LogP contribution in [0.25, 0.3) is 0 Å². The summed E-state index contributed by atoms with van der Waals surface area (Å²) >= 11 is 3.57. The lowest BCUT2D eigenvalue weighted by Gasteiger charge is -2.29. The third-order valence-electron chi connectivity index (χ3n) is 3.97. The average Bonchev–Trinajstić information content (AvgIpc) is 2.43. The zero-order valence-corrected chi connectivity index (χ0v) is 13.8. The van der Waals surface area contributed by atoms with Crippen molar-refractivity contribution < 1.29 is 4.74 Å². The number of halogens is 1. The van der Waals surface area contributed by atoms with Gasteiger partial charge in [0.25, 0.3) is 0 Å². The van der Waals surface area contributed by atoms with Gasteiger partial charge in [0.1, 0.15) is 5.75 Å². The topological polar surface area (TPSA) is 35.2 Å². The predicted molar refractivity (Wildman–Crippen MR) is 89.9 cm³/mol. The van der Waals surface area contributed by atoms with Crippen molar-refractivity contribution in [2.24, 2.45) is 5.73 Å². The molecule has 0 aromatic heterocycles. The predicted octanol–water partition coefficient (Wildman–Crippen LogP) is 4.06. The van der Waals surface area contributed by atoms with Crippen LogP contribution in [-0.4, -0.2) is 12.6 Å². The van der Waals surface area contributed by atoms with Gasteiger partial charge in [0, 0.05) is 16.4 Å². The monoisotopic (exact) mass is 345 g/mol. The second-order valence-corrected chi connectivity index (χ2v) is 6.70. The molecule has 0 radical (unpaired) electrons. The molecule has 0 amide bonds. The molecule has 110 valence electrons. The van der Waals surface area contributed by atoms with E-state index in [0.717, 1.165) is 29.7 Å². The summed E-state index contributed by atoms with van der Waals surface area (Å²) < 4.78 is 7.08. The van der Waals surface area contributed by atoms with E-state index in [0.29, 0.717) is 5.92 Å². The van der Waals surface area contributed by atoms with Crippen LogP contribution < -0.4 is 10.5 Å². The number of benzene rings is 2. The average molecular weight is 346 g/mol. The van der Waals surface area contributed by atoms with Crippen LogP contribution in [-0.2, 0) is 12.8 Å². The summed E-state index contributed by atoms with van der Waals surface area (Å²) in [5.41, 5.74) is 9.99. The minimum atomic E-state index is 0.148. The van der Waals surface area contributed by atoms with Crippen LogP contribution in [0, 0.1) is 0 Å². The Morgan fingerprint density at radius 2 is 2.10 bits per heavy atom. The molecule has 2 aromatic rings. The Morgan fingerprint density at radius 3 is 2.86 bits per heavy atom. The normalized spacial score (nSPS) is 17.8. The van der Waals surface area contributed by atoms with E-state index < -0.39 is 0 Å². The minimum absolute atomic E-state index is 0.148. The Kier molecular flexibility index (Phi) is 4.32. The fourth-order valence-electron chi connectivity index (χ4n) is 2.85. The van der Waals surface area contributed by atoms with Crippen molar-refractivity contribution >= 4 is 15.9 Å². The van der Waals surface area contributed by atoms with Crippen LogP contribution >= 0.6 is 15.9 Å². The molecule has 0 spiro atoms. The summed E-state index contributed by atoms with van der Waals surface area (Å²) in [4.78, 5) is 0. The Bertz CT molecular complexity index is 639. The molecule has 0 saturated heterocycles. The second kappa shape index (κ2) is 6.20. The maximum Gasteiger partial charge on any atom is 0.119 e. The molecule has 3 heteroatoms. The highest BCUT2D eigenvalue weighted by molar-refractivity contribution is 9.10. The van der Waals surface area contributed by atoms with Gasteiger partial charge in [-0.3, -0.25) is 0 Å². The van der Waals surface area contributed by atoms with Crippen molar-refractivity contribution in [3.05, 3.63) is 63.6 Å². The van der Waals surface area contributed by atoms with Crippen molar-refractivity contribution in [1.29, 1.82) is 0 Å². The lowest BCUT2D eigenvalue weighted by atomic mass is 9.78. The largest absolute Gasteiger partial charge is 0.493 e. The number of hydrogen-bond acceptors (Lipinski definition) is 2. The van der Waals surface area contributed by atoms with Gasteiger partial charge in [0.05, 0.1) is 6.61 Å². The zero-order chi connectivity index (χ0) is 14.8. The van der Waals surface area contributed by atoms with Crippen LogP contribution in [0.3, 0.4) is 0 Å². The molecule has 2 atom stereocenters. The molecule has 2 nitrogen and oxygen atoms in total. The van der Waals surface area contributed by atoms with E-state index in [1.807, 2.05) is 19.1 Å². The van der Waals surface area contributed by atoms with Crippen molar-refractivity contribution in [1.82, 2.24) is 0 Å². The quantitative estimate of drug-likeness (QED) is 0.886. The summed E-state index contributed by atoms with van der Waals surface area (Å²) in [6.07, 6.45) is 1.98. The van der Waals surface area contributed by atoms with Gasteiger partial charge in [0.15, 0.2) is 0 Å². The lowest BCUT2D eigenvalue weighted by Crippen LogP contribution is -2.23. The summed E-state index contributed by atoms with van der Waals surface area (Å²) in [5, 5.41) is 0. The smallest absolute Gasteiger partial charge is 0.119 e. The molecule has 0 heterocycles. The maximum absolute atomic E-state index is 5.98.